The van der Waals surface area contributed by atoms with Crippen LogP contribution in [0.15, 0.2) is 24.3 Å². The molecule has 2 fully saturated rings. The normalized spacial score (nSPS) is 20.9. The molecule has 1 aliphatic heterocycles. The minimum absolute atomic E-state index is 0.103. The molecule has 0 bridgehead atoms. The summed E-state index contributed by atoms with van der Waals surface area (Å²) in [6.07, 6.45) is 4.98. The molecule has 10 nitrogen and oxygen atoms in total. The van der Waals surface area contributed by atoms with Crippen molar-refractivity contribution >= 4 is 34.5 Å². The summed E-state index contributed by atoms with van der Waals surface area (Å²) in [5.74, 6) is -1.10. The minimum atomic E-state index is -0.819. The fourth-order valence-electron chi connectivity index (χ4n) is 4.22. The second-order valence-electron chi connectivity index (χ2n) is 8.95. The van der Waals surface area contributed by atoms with Crippen LogP contribution in [-0.4, -0.2) is 64.8 Å². The highest BCUT2D eigenvalue weighted by Gasteiger charge is 2.50. The standard InChI is InChI=1S/C23H29N5O5/c1-23(13-33-23)20(31)17(10-14-6-2-3-7-14)26-19(30)12-24-18(29)11-25-22(32)21-27-15-8-4-5-9-16(15)28-21/h4-5,8-9,14,17H,2-3,6-7,10-13H2,1H3,(H,24,29)(H,25,32)(H,26,30)(H,27,28)/t17-,23+/m0/s1. The van der Waals surface area contributed by atoms with Crippen molar-refractivity contribution in [2.45, 2.75) is 50.7 Å². The monoisotopic (exact) mass is 455 g/mol. The Morgan fingerprint density at radius 1 is 1.12 bits per heavy atom. The number of aromatic nitrogens is 2. The van der Waals surface area contributed by atoms with E-state index >= 15 is 0 Å². The van der Waals surface area contributed by atoms with E-state index in [1.165, 1.54) is 0 Å². The molecule has 4 N–H and O–H groups in total. The molecule has 2 heterocycles. The van der Waals surface area contributed by atoms with Crippen molar-refractivity contribution in [3.8, 4) is 0 Å². The number of fused-ring (bicyclic) bond motifs is 1. The van der Waals surface area contributed by atoms with Gasteiger partial charge < -0.3 is 25.7 Å². The van der Waals surface area contributed by atoms with Gasteiger partial charge in [0.15, 0.2) is 11.6 Å². The maximum atomic E-state index is 12.8. The van der Waals surface area contributed by atoms with Crippen LogP contribution in [0.2, 0.25) is 0 Å². The Kier molecular flexibility index (Phi) is 6.73. The molecular weight excluding hydrogens is 426 g/mol. The number of carbonyl (C=O) groups is 4. The van der Waals surface area contributed by atoms with Crippen LogP contribution in [0.1, 0.15) is 49.6 Å². The summed E-state index contributed by atoms with van der Waals surface area (Å²) >= 11 is 0. The first-order valence-corrected chi connectivity index (χ1v) is 11.3. The molecule has 2 aromatic rings. The molecule has 176 valence electrons. The van der Waals surface area contributed by atoms with E-state index in [0.29, 0.717) is 24.5 Å². The molecule has 0 radical (unpaired) electrons. The third-order valence-corrected chi connectivity index (χ3v) is 6.25. The van der Waals surface area contributed by atoms with E-state index in [4.69, 9.17) is 4.74 Å². The van der Waals surface area contributed by atoms with E-state index in [1.807, 2.05) is 12.1 Å². The zero-order chi connectivity index (χ0) is 23.4. The molecule has 4 rings (SSSR count). The van der Waals surface area contributed by atoms with Crippen LogP contribution >= 0.6 is 0 Å². The summed E-state index contributed by atoms with van der Waals surface area (Å²) in [5, 5.41) is 7.71. The molecule has 3 amide bonds. The van der Waals surface area contributed by atoms with Crippen LogP contribution < -0.4 is 16.0 Å². The molecule has 1 aliphatic carbocycles. The van der Waals surface area contributed by atoms with Gasteiger partial charge in [0.05, 0.1) is 36.8 Å². The number of para-hydroxylation sites is 2. The summed E-state index contributed by atoms with van der Waals surface area (Å²) in [4.78, 5) is 56.6. The number of hydrogen-bond acceptors (Lipinski definition) is 6. The Morgan fingerprint density at radius 3 is 2.52 bits per heavy atom. The van der Waals surface area contributed by atoms with Gasteiger partial charge in [-0.15, -0.1) is 0 Å². The summed E-state index contributed by atoms with van der Waals surface area (Å²) in [6.45, 7) is 1.50. The van der Waals surface area contributed by atoms with Gasteiger partial charge in [0.25, 0.3) is 5.91 Å². The van der Waals surface area contributed by atoms with Crippen molar-refractivity contribution in [3.05, 3.63) is 30.1 Å². The lowest BCUT2D eigenvalue weighted by Crippen LogP contribution is -2.50. The lowest BCUT2D eigenvalue weighted by molar-refractivity contribution is -0.131. The maximum Gasteiger partial charge on any atom is 0.287 e. The highest BCUT2D eigenvalue weighted by Crippen LogP contribution is 2.33. The molecule has 2 aliphatic rings. The van der Waals surface area contributed by atoms with Crippen LogP contribution in [0.4, 0.5) is 0 Å². The quantitative estimate of drug-likeness (QED) is 0.391. The van der Waals surface area contributed by atoms with Crippen LogP contribution in [-0.2, 0) is 19.1 Å². The molecule has 10 heteroatoms. The van der Waals surface area contributed by atoms with Gasteiger partial charge in [0.2, 0.25) is 11.8 Å². The van der Waals surface area contributed by atoms with Gasteiger partial charge in [0, 0.05) is 0 Å². The predicted octanol–water partition coefficient (Wildman–Crippen LogP) is 0.832. The van der Waals surface area contributed by atoms with E-state index in [2.05, 4.69) is 25.9 Å². The molecule has 1 aromatic heterocycles. The van der Waals surface area contributed by atoms with E-state index in [9.17, 15) is 19.2 Å². The van der Waals surface area contributed by atoms with Crippen LogP contribution in [0, 0.1) is 5.92 Å². The number of amides is 3. The summed E-state index contributed by atoms with van der Waals surface area (Å²) < 4.78 is 5.27. The fraction of sp³-hybridized carbons (Fsp3) is 0.522. The van der Waals surface area contributed by atoms with Crippen molar-refractivity contribution in [3.63, 3.8) is 0 Å². The average molecular weight is 456 g/mol. The summed E-state index contributed by atoms with van der Waals surface area (Å²) in [6, 6.07) is 6.58. The molecular formula is C23H29N5O5. The van der Waals surface area contributed by atoms with Gasteiger partial charge in [-0.05, 0) is 31.4 Å². The topological polar surface area (TPSA) is 146 Å². The Bertz CT molecular complexity index is 1020. The number of nitrogens with one attached hydrogen (secondary N) is 4. The lowest BCUT2D eigenvalue weighted by atomic mass is 9.91. The van der Waals surface area contributed by atoms with Gasteiger partial charge in [-0.3, -0.25) is 19.2 Å². The van der Waals surface area contributed by atoms with Crippen molar-refractivity contribution in [1.29, 1.82) is 0 Å². The van der Waals surface area contributed by atoms with Crippen LogP contribution in [0.25, 0.3) is 11.0 Å². The van der Waals surface area contributed by atoms with Gasteiger partial charge >= 0.3 is 0 Å². The molecule has 2 atom stereocenters. The molecule has 0 spiro atoms. The van der Waals surface area contributed by atoms with Crippen molar-refractivity contribution in [2.24, 2.45) is 5.92 Å². The maximum absolute atomic E-state index is 12.8. The highest BCUT2D eigenvalue weighted by molar-refractivity contribution is 5.98. The number of epoxide rings is 1. The Hall–Kier alpha value is -3.27. The first-order valence-electron chi connectivity index (χ1n) is 11.3. The molecule has 1 saturated heterocycles. The fourth-order valence-corrected chi connectivity index (χ4v) is 4.22. The van der Waals surface area contributed by atoms with E-state index in [1.54, 1.807) is 19.1 Å². The zero-order valence-electron chi connectivity index (χ0n) is 18.6. The van der Waals surface area contributed by atoms with E-state index in [0.717, 1.165) is 31.2 Å². The highest BCUT2D eigenvalue weighted by atomic mass is 16.6. The summed E-state index contributed by atoms with van der Waals surface area (Å²) in [7, 11) is 0. The largest absolute Gasteiger partial charge is 0.361 e. The van der Waals surface area contributed by atoms with Gasteiger partial charge in [-0.25, -0.2) is 4.98 Å². The Morgan fingerprint density at radius 2 is 1.82 bits per heavy atom. The van der Waals surface area contributed by atoms with E-state index < -0.39 is 29.4 Å². The van der Waals surface area contributed by atoms with Crippen molar-refractivity contribution < 1.29 is 23.9 Å². The SMILES string of the molecule is C[C@]1(C(=O)[C@H](CC2CCCC2)NC(=O)CNC(=O)CNC(=O)c2nc3ccccc3[nH]2)CO1. The average Bonchev–Trinajstić information content (AvgIpc) is 3.19. The molecule has 33 heavy (non-hydrogen) atoms. The number of hydrogen-bond donors (Lipinski definition) is 4. The Labute approximate surface area is 191 Å². The Balaban J connectivity index is 1.23. The second kappa shape index (κ2) is 9.70. The molecule has 1 aromatic carbocycles. The van der Waals surface area contributed by atoms with E-state index in [-0.39, 0.29) is 24.7 Å². The van der Waals surface area contributed by atoms with Gasteiger partial charge in [-0.1, -0.05) is 37.8 Å². The minimum Gasteiger partial charge on any atom is -0.361 e. The number of imidazole rings is 1. The number of carbonyl (C=O) groups excluding carboxylic acids is 4. The van der Waals surface area contributed by atoms with Crippen LogP contribution in [0.5, 0.6) is 0 Å². The number of ketones is 1. The lowest BCUT2D eigenvalue weighted by Gasteiger charge is -2.22. The summed E-state index contributed by atoms with van der Waals surface area (Å²) in [5.41, 5.74) is 0.549. The third kappa shape index (κ3) is 5.75. The zero-order valence-corrected chi connectivity index (χ0v) is 18.6. The number of Topliss-reactive ketones (excluding diaryl/α,β-unsaturated/α-hetero) is 1. The smallest absolute Gasteiger partial charge is 0.287 e. The van der Waals surface area contributed by atoms with Gasteiger partial charge in [0.1, 0.15) is 5.60 Å². The molecule has 1 saturated carbocycles. The third-order valence-electron chi connectivity index (χ3n) is 6.25. The first-order chi connectivity index (χ1) is 15.8. The van der Waals surface area contributed by atoms with Crippen molar-refractivity contribution in [2.75, 3.05) is 19.7 Å². The van der Waals surface area contributed by atoms with Crippen molar-refractivity contribution in [1.82, 2.24) is 25.9 Å². The predicted molar refractivity (Wildman–Crippen MR) is 119 cm³/mol. The number of ether oxygens (including phenoxy) is 1. The number of rotatable bonds is 10. The van der Waals surface area contributed by atoms with Crippen LogP contribution in [0.3, 0.4) is 0 Å². The number of benzene rings is 1. The number of nitrogens with zero attached hydrogens (tertiary/aromatic N) is 1. The first kappa shape index (κ1) is 22.9. The van der Waals surface area contributed by atoms with Gasteiger partial charge in [-0.2, -0.15) is 0 Å². The second-order valence-corrected chi connectivity index (χ2v) is 8.95. The number of aromatic amines is 1. The number of H-pyrrole nitrogens is 1. The molecule has 0 unspecified atom stereocenters.